The summed E-state index contributed by atoms with van der Waals surface area (Å²) in [5.74, 6) is 2.42. The van der Waals surface area contributed by atoms with Gasteiger partial charge < -0.3 is 28.3 Å². The van der Waals surface area contributed by atoms with Crippen LogP contribution in [0.1, 0.15) is 86.3 Å². The molecule has 1 fully saturated rings. The molecule has 50 heavy (non-hydrogen) atoms. The average molecular weight is 679 g/mol. The molecule has 0 aliphatic carbocycles. The minimum absolute atomic E-state index is 0.0528. The van der Waals surface area contributed by atoms with E-state index in [1.165, 1.54) is 29.5 Å². The molecule has 2 aromatic heterocycles. The van der Waals surface area contributed by atoms with Crippen molar-refractivity contribution in [1.29, 1.82) is 0 Å². The molecule has 1 aliphatic heterocycles. The molecule has 1 aliphatic rings. The van der Waals surface area contributed by atoms with E-state index in [-0.39, 0.29) is 11.3 Å². The Hall–Kier alpha value is -4.72. The fourth-order valence-corrected chi connectivity index (χ4v) is 7.32. The highest BCUT2D eigenvalue weighted by atomic mass is 16.5. The van der Waals surface area contributed by atoms with Crippen molar-refractivity contribution in [3.8, 4) is 11.5 Å². The van der Waals surface area contributed by atoms with Gasteiger partial charge in [0.25, 0.3) is 5.91 Å². The molecule has 1 saturated heterocycles. The Kier molecular flexibility index (Phi) is 12.6. The van der Waals surface area contributed by atoms with E-state index in [9.17, 15) is 4.79 Å². The van der Waals surface area contributed by atoms with Crippen LogP contribution in [-0.2, 0) is 12.0 Å². The number of imidazole rings is 1. The number of ether oxygens (including phenoxy) is 2. The number of methoxy groups -OCH3 is 2. The van der Waals surface area contributed by atoms with Crippen molar-refractivity contribution in [3.05, 3.63) is 108 Å². The zero-order valence-corrected chi connectivity index (χ0v) is 30.8. The molecule has 1 unspecified atom stereocenters. The highest BCUT2D eigenvalue weighted by Crippen LogP contribution is 2.40. The number of nitrogens with zero attached hydrogens (tertiary/aromatic N) is 4. The van der Waals surface area contributed by atoms with Gasteiger partial charge in [0.15, 0.2) is 11.5 Å². The van der Waals surface area contributed by atoms with Crippen LogP contribution >= 0.6 is 0 Å². The van der Waals surface area contributed by atoms with Gasteiger partial charge in [-0.3, -0.25) is 4.79 Å². The van der Waals surface area contributed by atoms with Crippen LogP contribution in [-0.4, -0.2) is 60.8 Å². The molecule has 3 heterocycles. The van der Waals surface area contributed by atoms with Gasteiger partial charge in [0.1, 0.15) is 0 Å². The number of carbonyl (C=O) groups is 1. The number of rotatable bonds is 14. The largest absolute Gasteiger partial charge is 0.493 e. The van der Waals surface area contributed by atoms with E-state index in [0.29, 0.717) is 17.1 Å². The zero-order valence-electron chi connectivity index (χ0n) is 30.8. The molecule has 266 valence electrons. The van der Waals surface area contributed by atoms with Crippen molar-refractivity contribution in [2.45, 2.75) is 78.2 Å². The number of aromatic nitrogens is 2. The third-order valence-corrected chi connectivity index (χ3v) is 9.78. The normalized spacial score (nSPS) is 15.5. The maximum absolute atomic E-state index is 13.2. The molecule has 0 radical (unpaired) electrons. The van der Waals surface area contributed by atoms with Crippen LogP contribution in [0.5, 0.6) is 11.5 Å². The van der Waals surface area contributed by atoms with E-state index in [0.717, 1.165) is 75.4 Å². The number of benzene rings is 3. The molecule has 8 heteroatoms. The maximum atomic E-state index is 13.2. The predicted octanol–water partition coefficient (Wildman–Crippen LogP) is 9.29. The van der Waals surface area contributed by atoms with Gasteiger partial charge in [0, 0.05) is 42.7 Å². The van der Waals surface area contributed by atoms with Crippen molar-refractivity contribution in [1.82, 2.24) is 14.5 Å². The number of hydrogen-bond donors (Lipinski definition) is 0. The quantitative estimate of drug-likeness (QED) is 0.117. The molecule has 5 aromatic rings. The molecule has 0 saturated carbocycles. The fourth-order valence-electron chi connectivity index (χ4n) is 7.32. The Balaban J connectivity index is 0.000000197. The van der Waals surface area contributed by atoms with Gasteiger partial charge in [-0.25, -0.2) is 4.98 Å². The third kappa shape index (κ3) is 8.18. The first-order valence-electron chi connectivity index (χ1n) is 18.2. The minimum Gasteiger partial charge on any atom is -0.493 e. The van der Waals surface area contributed by atoms with Crippen molar-refractivity contribution < 1.29 is 18.7 Å². The van der Waals surface area contributed by atoms with E-state index < -0.39 is 0 Å². The van der Waals surface area contributed by atoms with Crippen LogP contribution in [0.15, 0.2) is 89.7 Å². The number of para-hydroxylation sites is 2. The van der Waals surface area contributed by atoms with Gasteiger partial charge in [-0.05, 0) is 74.1 Å². The number of anilines is 1. The second-order valence-electron chi connectivity index (χ2n) is 13.4. The minimum atomic E-state index is 0.0528. The van der Waals surface area contributed by atoms with Crippen LogP contribution < -0.4 is 14.4 Å². The molecular weight excluding hydrogens is 624 g/mol. The van der Waals surface area contributed by atoms with Gasteiger partial charge in [-0.15, -0.1) is 0 Å². The standard InChI is InChI=1S/C23H29NO3.C19H25N3O/c1-5-11-23(19-9-7-6-8-10-19)12-13-24(16-23)22(25)18-14-17(2)21(27-4)20(15-18)26-3;1-3-5-12-21(11-4-2)19-20-17-8-6-7-9-18(17)22(19)14-16-10-13-23-15-16/h6-10,14-15H,5,11-13,16H2,1-4H3;6-10,13,15H,3-5,11-12,14H2,1-2H3. The van der Waals surface area contributed by atoms with Crippen LogP contribution in [0, 0.1) is 6.92 Å². The highest BCUT2D eigenvalue weighted by molar-refractivity contribution is 5.95. The number of fused-ring (bicyclic) bond motifs is 1. The zero-order chi connectivity index (χ0) is 35.5. The highest BCUT2D eigenvalue weighted by Gasteiger charge is 2.40. The monoisotopic (exact) mass is 678 g/mol. The molecule has 6 rings (SSSR count). The summed E-state index contributed by atoms with van der Waals surface area (Å²) in [5.41, 5.74) is 6.36. The molecule has 8 nitrogen and oxygen atoms in total. The topological polar surface area (TPSA) is 73.0 Å². The molecular formula is C42H54N4O4. The van der Waals surface area contributed by atoms with Gasteiger partial charge in [0.2, 0.25) is 5.95 Å². The average Bonchev–Trinajstić information content (AvgIpc) is 3.91. The second-order valence-corrected chi connectivity index (χ2v) is 13.4. The summed E-state index contributed by atoms with van der Waals surface area (Å²) in [6.07, 6.45) is 10.3. The summed E-state index contributed by atoms with van der Waals surface area (Å²) in [5, 5.41) is 0. The molecule has 0 N–H and O–H groups in total. The van der Waals surface area contributed by atoms with Crippen LogP contribution in [0.25, 0.3) is 11.0 Å². The summed E-state index contributed by atoms with van der Waals surface area (Å²) in [7, 11) is 3.22. The number of likely N-dealkylation sites (tertiary alicyclic amines) is 1. The number of furan rings is 1. The van der Waals surface area contributed by atoms with Crippen molar-refractivity contribution in [2.24, 2.45) is 0 Å². The number of unbranched alkanes of at least 4 members (excludes halogenated alkanes) is 1. The number of amides is 1. The van der Waals surface area contributed by atoms with Gasteiger partial charge >= 0.3 is 0 Å². The summed E-state index contributed by atoms with van der Waals surface area (Å²) >= 11 is 0. The summed E-state index contributed by atoms with van der Waals surface area (Å²) in [6, 6.07) is 24.7. The first-order chi connectivity index (χ1) is 24.4. The molecule has 3 aromatic carbocycles. The Morgan fingerprint density at radius 3 is 2.40 bits per heavy atom. The Labute approximate surface area is 298 Å². The SMILES string of the molecule is CCCC1(c2ccccc2)CCN(C(=O)c2cc(C)c(OC)c(OC)c2)C1.CCCCN(CCC)c1nc2ccccc2n1Cc1ccoc1. The Morgan fingerprint density at radius 2 is 1.72 bits per heavy atom. The number of carbonyl (C=O) groups excluding carboxylic acids is 1. The summed E-state index contributed by atoms with van der Waals surface area (Å²) in [6.45, 7) is 13.0. The lowest BCUT2D eigenvalue weighted by molar-refractivity contribution is 0.0781. The molecule has 0 spiro atoms. The van der Waals surface area contributed by atoms with E-state index in [2.05, 4.69) is 78.8 Å². The van der Waals surface area contributed by atoms with Crippen molar-refractivity contribution in [2.75, 3.05) is 45.3 Å². The first kappa shape index (κ1) is 36.6. The number of aryl methyl sites for hydroxylation is 1. The lowest BCUT2D eigenvalue weighted by atomic mass is 9.76. The van der Waals surface area contributed by atoms with Gasteiger partial charge in [-0.1, -0.05) is 76.1 Å². The Bertz CT molecular complexity index is 1800. The predicted molar refractivity (Wildman–Crippen MR) is 203 cm³/mol. The van der Waals surface area contributed by atoms with Gasteiger partial charge in [-0.2, -0.15) is 0 Å². The van der Waals surface area contributed by atoms with Crippen molar-refractivity contribution >= 4 is 22.9 Å². The van der Waals surface area contributed by atoms with Crippen LogP contribution in [0.3, 0.4) is 0 Å². The fraction of sp³-hybridized carbons (Fsp3) is 0.429. The van der Waals surface area contributed by atoms with Crippen LogP contribution in [0.2, 0.25) is 0 Å². The summed E-state index contributed by atoms with van der Waals surface area (Å²) < 4.78 is 18.4. The third-order valence-electron chi connectivity index (χ3n) is 9.78. The van der Waals surface area contributed by atoms with Crippen LogP contribution in [0.4, 0.5) is 5.95 Å². The van der Waals surface area contributed by atoms with E-state index in [4.69, 9.17) is 18.9 Å². The summed E-state index contributed by atoms with van der Waals surface area (Å²) in [4.78, 5) is 22.6. The Morgan fingerprint density at radius 1 is 0.940 bits per heavy atom. The van der Waals surface area contributed by atoms with E-state index >= 15 is 0 Å². The lowest BCUT2D eigenvalue weighted by Crippen LogP contribution is -2.34. The van der Waals surface area contributed by atoms with Gasteiger partial charge in [0.05, 0.1) is 44.3 Å². The van der Waals surface area contributed by atoms with Crippen molar-refractivity contribution in [3.63, 3.8) is 0 Å². The van der Waals surface area contributed by atoms with E-state index in [1.54, 1.807) is 26.5 Å². The smallest absolute Gasteiger partial charge is 0.254 e. The second kappa shape index (κ2) is 17.3. The number of hydrogen-bond acceptors (Lipinski definition) is 6. The molecule has 0 bridgehead atoms. The molecule has 1 amide bonds. The molecule has 1 atom stereocenters. The first-order valence-corrected chi connectivity index (χ1v) is 18.2. The lowest BCUT2D eigenvalue weighted by Gasteiger charge is -2.30. The van der Waals surface area contributed by atoms with E-state index in [1.807, 2.05) is 36.3 Å². The maximum Gasteiger partial charge on any atom is 0.254 e.